The maximum absolute atomic E-state index is 12.0. The van der Waals surface area contributed by atoms with Crippen molar-refractivity contribution < 1.29 is 4.79 Å². The van der Waals surface area contributed by atoms with Gasteiger partial charge in [0.05, 0.1) is 0 Å². The van der Waals surface area contributed by atoms with Gasteiger partial charge in [0.1, 0.15) is 0 Å². The Kier molecular flexibility index (Phi) is 5.33. The van der Waals surface area contributed by atoms with Crippen LogP contribution in [-0.2, 0) is 4.79 Å². The van der Waals surface area contributed by atoms with Gasteiger partial charge in [-0.3, -0.25) is 9.78 Å². The minimum atomic E-state index is 0.261. The van der Waals surface area contributed by atoms with Crippen LogP contribution in [0.25, 0.3) is 0 Å². The molecule has 0 saturated carbocycles. The molecule has 0 aliphatic carbocycles. The molecule has 1 atom stereocenters. The van der Waals surface area contributed by atoms with E-state index in [4.69, 9.17) is 0 Å². The zero-order valence-electron chi connectivity index (χ0n) is 11.6. The number of pyridine rings is 1. The number of likely N-dealkylation sites (tertiary alicyclic amines) is 1. The van der Waals surface area contributed by atoms with Gasteiger partial charge in [-0.25, -0.2) is 0 Å². The summed E-state index contributed by atoms with van der Waals surface area (Å²) >= 11 is 0. The fourth-order valence-electron chi connectivity index (χ4n) is 2.47. The molecule has 19 heavy (non-hydrogen) atoms. The number of rotatable bonds is 5. The molecule has 1 saturated heterocycles. The van der Waals surface area contributed by atoms with Crippen molar-refractivity contribution in [1.82, 2.24) is 15.2 Å². The van der Waals surface area contributed by atoms with Crippen LogP contribution in [0.3, 0.4) is 0 Å². The first-order valence-corrected chi connectivity index (χ1v) is 7.18. The lowest BCUT2D eigenvalue weighted by Crippen LogP contribution is -2.37. The Morgan fingerprint density at radius 3 is 2.68 bits per heavy atom. The number of aromatic nitrogens is 1. The van der Waals surface area contributed by atoms with Crippen LogP contribution in [0, 0.1) is 0 Å². The minimum Gasteiger partial charge on any atom is -0.343 e. The van der Waals surface area contributed by atoms with E-state index in [-0.39, 0.29) is 11.9 Å². The number of piperidine rings is 1. The third-order valence-electron chi connectivity index (χ3n) is 3.70. The van der Waals surface area contributed by atoms with E-state index in [2.05, 4.69) is 17.2 Å². The molecule has 1 aromatic heterocycles. The molecule has 0 radical (unpaired) electrons. The average molecular weight is 261 g/mol. The van der Waals surface area contributed by atoms with Gasteiger partial charge in [-0.1, -0.05) is 0 Å². The quantitative estimate of drug-likeness (QED) is 0.883. The molecule has 4 nitrogen and oxygen atoms in total. The lowest BCUT2D eigenvalue weighted by atomic mass is 10.1. The molecule has 0 spiro atoms. The van der Waals surface area contributed by atoms with Crippen molar-refractivity contribution in [3.63, 3.8) is 0 Å². The van der Waals surface area contributed by atoms with E-state index in [1.54, 1.807) is 12.4 Å². The number of nitrogens with zero attached hydrogens (tertiary/aromatic N) is 2. The van der Waals surface area contributed by atoms with Crippen molar-refractivity contribution in [2.45, 2.75) is 38.6 Å². The van der Waals surface area contributed by atoms with Crippen LogP contribution < -0.4 is 5.32 Å². The van der Waals surface area contributed by atoms with Crippen LogP contribution in [0.5, 0.6) is 0 Å². The molecule has 1 aliphatic heterocycles. The molecule has 1 unspecified atom stereocenters. The predicted molar refractivity (Wildman–Crippen MR) is 75.7 cm³/mol. The van der Waals surface area contributed by atoms with Crippen LogP contribution in [-0.4, -0.2) is 35.4 Å². The molecule has 1 aromatic rings. The molecule has 0 bridgehead atoms. The fraction of sp³-hybridized carbons (Fsp3) is 0.600. The second-order valence-corrected chi connectivity index (χ2v) is 5.15. The summed E-state index contributed by atoms with van der Waals surface area (Å²) in [7, 11) is 0. The van der Waals surface area contributed by atoms with Crippen LogP contribution in [0.15, 0.2) is 24.5 Å². The van der Waals surface area contributed by atoms with Gasteiger partial charge in [0.15, 0.2) is 0 Å². The molecule has 104 valence electrons. The molecule has 1 amide bonds. The summed E-state index contributed by atoms with van der Waals surface area (Å²) in [5.41, 5.74) is 1.21. The van der Waals surface area contributed by atoms with Gasteiger partial charge in [-0.15, -0.1) is 0 Å². The topological polar surface area (TPSA) is 45.2 Å². The third-order valence-corrected chi connectivity index (χ3v) is 3.70. The van der Waals surface area contributed by atoms with E-state index in [0.717, 1.165) is 32.5 Å². The highest BCUT2D eigenvalue weighted by Crippen LogP contribution is 2.11. The molecule has 2 rings (SSSR count). The van der Waals surface area contributed by atoms with E-state index < -0.39 is 0 Å². The summed E-state index contributed by atoms with van der Waals surface area (Å²) in [5.74, 6) is 0.286. The van der Waals surface area contributed by atoms with Gasteiger partial charge in [0, 0.05) is 44.5 Å². The predicted octanol–water partition coefficient (Wildman–Crippen LogP) is 2.13. The number of hydrogen-bond acceptors (Lipinski definition) is 3. The molecule has 1 fully saturated rings. The Hall–Kier alpha value is -1.42. The van der Waals surface area contributed by atoms with Gasteiger partial charge in [0.2, 0.25) is 5.91 Å². The lowest BCUT2D eigenvalue weighted by Gasteiger charge is -2.27. The third kappa shape index (κ3) is 4.31. The molecular formula is C15H23N3O. The Labute approximate surface area is 115 Å². The number of hydrogen-bond donors (Lipinski definition) is 1. The Morgan fingerprint density at radius 2 is 2.00 bits per heavy atom. The summed E-state index contributed by atoms with van der Waals surface area (Å²) in [6.07, 6.45) is 7.77. The van der Waals surface area contributed by atoms with Crippen molar-refractivity contribution in [2.24, 2.45) is 0 Å². The monoisotopic (exact) mass is 261 g/mol. The van der Waals surface area contributed by atoms with E-state index in [1.165, 1.54) is 12.0 Å². The van der Waals surface area contributed by atoms with Crippen molar-refractivity contribution in [1.29, 1.82) is 0 Å². The van der Waals surface area contributed by atoms with Gasteiger partial charge in [0.25, 0.3) is 0 Å². The van der Waals surface area contributed by atoms with Gasteiger partial charge in [-0.2, -0.15) is 0 Å². The molecule has 1 N–H and O–H groups in total. The van der Waals surface area contributed by atoms with Gasteiger partial charge >= 0.3 is 0 Å². The summed E-state index contributed by atoms with van der Waals surface area (Å²) in [6, 6.07) is 4.27. The SMILES string of the molecule is CC(NCCC(=O)N1CCCCC1)c1ccncc1. The summed E-state index contributed by atoms with van der Waals surface area (Å²) in [4.78, 5) is 18.0. The average Bonchev–Trinajstić information content (AvgIpc) is 2.49. The summed E-state index contributed by atoms with van der Waals surface area (Å²) in [5, 5.41) is 3.39. The van der Waals surface area contributed by atoms with Crippen LogP contribution in [0.2, 0.25) is 0 Å². The van der Waals surface area contributed by atoms with Crippen molar-refractivity contribution in [3.05, 3.63) is 30.1 Å². The minimum absolute atomic E-state index is 0.261. The molecule has 1 aliphatic rings. The number of amides is 1. The second kappa shape index (κ2) is 7.24. The Bertz CT molecular complexity index is 388. The highest BCUT2D eigenvalue weighted by Gasteiger charge is 2.16. The number of carbonyl (C=O) groups is 1. The molecule has 4 heteroatoms. The van der Waals surface area contributed by atoms with Crippen LogP contribution in [0.1, 0.15) is 44.2 Å². The summed E-state index contributed by atoms with van der Waals surface area (Å²) < 4.78 is 0. The van der Waals surface area contributed by atoms with Crippen molar-refractivity contribution in [2.75, 3.05) is 19.6 Å². The highest BCUT2D eigenvalue weighted by molar-refractivity contribution is 5.76. The Morgan fingerprint density at radius 1 is 1.32 bits per heavy atom. The first kappa shape index (κ1) is 14.0. The molecule has 0 aromatic carbocycles. The van der Waals surface area contributed by atoms with Crippen LogP contribution in [0.4, 0.5) is 0 Å². The van der Waals surface area contributed by atoms with Gasteiger partial charge < -0.3 is 10.2 Å². The van der Waals surface area contributed by atoms with E-state index in [0.29, 0.717) is 6.42 Å². The van der Waals surface area contributed by atoms with E-state index >= 15 is 0 Å². The number of carbonyl (C=O) groups excluding carboxylic acids is 1. The van der Waals surface area contributed by atoms with Crippen molar-refractivity contribution in [3.8, 4) is 0 Å². The Balaban J connectivity index is 1.69. The lowest BCUT2D eigenvalue weighted by molar-refractivity contribution is -0.132. The summed E-state index contributed by atoms with van der Waals surface area (Å²) in [6.45, 7) is 4.73. The smallest absolute Gasteiger partial charge is 0.223 e. The maximum Gasteiger partial charge on any atom is 0.223 e. The highest BCUT2D eigenvalue weighted by atomic mass is 16.2. The largest absolute Gasteiger partial charge is 0.343 e. The van der Waals surface area contributed by atoms with E-state index in [1.807, 2.05) is 17.0 Å². The second-order valence-electron chi connectivity index (χ2n) is 5.15. The standard InChI is InChI=1S/C15H23N3O/c1-13(14-5-8-16-9-6-14)17-10-7-15(19)18-11-3-2-4-12-18/h5-6,8-9,13,17H,2-4,7,10-12H2,1H3. The van der Waals surface area contributed by atoms with Crippen molar-refractivity contribution >= 4 is 5.91 Å². The normalized spacial score (nSPS) is 17.2. The fourth-order valence-corrected chi connectivity index (χ4v) is 2.47. The first-order valence-electron chi connectivity index (χ1n) is 7.18. The molecule has 2 heterocycles. The number of nitrogens with one attached hydrogen (secondary N) is 1. The molecular weight excluding hydrogens is 238 g/mol. The maximum atomic E-state index is 12.0. The van der Waals surface area contributed by atoms with Crippen LogP contribution >= 0.6 is 0 Å². The van der Waals surface area contributed by atoms with E-state index in [9.17, 15) is 4.79 Å². The van der Waals surface area contributed by atoms with Gasteiger partial charge in [-0.05, 0) is 43.9 Å². The zero-order chi connectivity index (χ0) is 13.5. The first-order chi connectivity index (χ1) is 9.27. The zero-order valence-corrected chi connectivity index (χ0v) is 11.6.